The number of ether oxygens (including phenoxy) is 1. The number of anilines is 1. The summed E-state index contributed by atoms with van der Waals surface area (Å²) in [6.07, 6.45) is -2.11. The van der Waals surface area contributed by atoms with Gasteiger partial charge in [0.15, 0.2) is 0 Å². The predicted molar refractivity (Wildman–Crippen MR) is 130 cm³/mol. The van der Waals surface area contributed by atoms with Crippen molar-refractivity contribution in [1.82, 2.24) is 5.32 Å². The van der Waals surface area contributed by atoms with Gasteiger partial charge in [-0.1, -0.05) is 26.0 Å². The lowest BCUT2D eigenvalue weighted by molar-refractivity contribution is -0.177. The van der Waals surface area contributed by atoms with E-state index in [1.54, 1.807) is 18.2 Å². The Kier molecular flexibility index (Phi) is 8.01. The van der Waals surface area contributed by atoms with Gasteiger partial charge < -0.3 is 20.9 Å². The fourth-order valence-corrected chi connectivity index (χ4v) is 3.60. The Morgan fingerprint density at radius 3 is 2.46 bits per heavy atom. The molecule has 1 unspecified atom stereocenters. The summed E-state index contributed by atoms with van der Waals surface area (Å²) in [5, 5.41) is 11.7. The molecule has 0 spiro atoms. The van der Waals surface area contributed by atoms with Gasteiger partial charge in [0.2, 0.25) is 0 Å². The number of benzene rings is 2. The average Bonchev–Trinajstić information content (AvgIpc) is 2.96. The highest BCUT2D eigenvalue weighted by Crippen LogP contribution is 2.37. The first kappa shape index (κ1) is 26.0. The van der Waals surface area contributed by atoms with Crippen LogP contribution in [0.15, 0.2) is 59.1 Å². The maximum atomic E-state index is 13.8. The molecule has 2 aromatic rings. The van der Waals surface area contributed by atoms with E-state index in [0.29, 0.717) is 16.8 Å². The van der Waals surface area contributed by atoms with Crippen LogP contribution in [0.3, 0.4) is 0 Å². The number of halogens is 3. The van der Waals surface area contributed by atoms with Crippen molar-refractivity contribution in [3.8, 4) is 5.75 Å². The molecule has 1 aliphatic rings. The number of amides is 1. The van der Waals surface area contributed by atoms with E-state index in [-0.39, 0.29) is 36.2 Å². The van der Waals surface area contributed by atoms with Gasteiger partial charge in [0.05, 0.1) is 18.0 Å². The molecule has 0 aromatic heterocycles. The molecule has 0 aliphatic carbocycles. The zero-order valence-electron chi connectivity index (χ0n) is 19.7. The highest BCUT2D eigenvalue weighted by atomic mass is 19.3. The Morgan fingerprint density at radius 1 is 1.20 bits per heavy atom. The fourth-order valence-electron chi connectivity index (χ4n) is 3.60. The zero-order chi connectivity index (χ0) is 25.8. The van der Waals surface area contributed by atoms with Crippen LogP contribution < -0.4 is 15.8 Å². The average molecular weight is 488 g/mol. The third-order valence-corrected chi connectivity index (χ3v) is 5.78. The Morgan fingerprint density at radius 2 is 1.86 bits per heavy atom. The normalized spacial score (nSPS) is 16.4. The van der Waals surface area contributed by atoms with Gasteiger partial charge in [-0.05, 0) is 60.0 Å². The summed E-state index contributed by atoms with van der Waals surface area (Å²) in [4.78, 5) is 17.4. The first-order valence-electron chi connectivity index (χ1n) is 11.2. The van der Waals surface area contributed by atoms with Crippen LogP contribution in [-0.2, 0) is 4.79 Å². The van der Waals surface area contributed by atoms with Crippen molar-refractivity contribution in [2.45, 2.75) is 33.3 Å². The quantitative estimate of drug-likeness (QED) is 0.466. The molecule has 2 aromatic carbocycles. The fraction of sp³-hybridized carbons (Fsp3) is 0.308. The van der Waals surface area contributed by atoms with Crippen molar-refractivity contribution in [2.24, 2.45) is 10.9 Å². The van der Waals surface area contributed by atoms with Crippen LogP contribution in [0.4, 0.5) is 18.9 Å². The van der Waals surface area contributed by atoms with E-state index in [1.807, 2.05) is 13.8 Å². The number of aliphatic imine (C=N–C) groups is 1. The SMILES string of the molecule is CCC(F)(F)Oc1ccc(C2=CC(C(=O)NCCO)=NC(c3ccc(F)c(N)c3)=C(C)C2C)cc1. The highest BCUT2D eigenvalue weighted by molar-refractivity contribution is 6.45. The summed E-state index contributed by atoms with van der Waals surface area (Å²) in [5.74, 6) is -1.29. The molecule has 0 radical (unpaired) electrons. The van der Waals surface area contributed by atoms with Gasteiger partial charge in [-0.15, -0.1) is 0 Å². The third-order valence-electron chi connectivity index (χ3n) is 5.78. The second-order valence-electron chi connectivity index (χ2n) is 8.18. The molecule has 3 rings (SSSR count). The maximum Gasteiger partial charge on any atom is 0.397 e. The zero-order valence-corrected chi connectivity index (χ0v) is 19.7. The lowest BCUT2D eigenvalue weighted by atomic mass is 9.86. The van der Waals surface area contributed by atoms with Gasteiger partial charge in [0.25, 0.3) is 5.91 Å². The molecule has 0 saturated heterocycles. The topological polar surface area (TPSA) is 96.9 Å². The maximum absolute atomic E-state index is 13.8. The molecule has 1 amide bonds. The lowest BCUT2D eigenvalue weighted by Gasteiger charge is -2.19. The van der Waals surface area contributed by atoms with Crippen LogP contribution in [0.1, 0.15) is 38.3 Å². The second-order valence-corrected chi connectivity index (χ2v) is 8.18. The van der Waals surface area contributed by atoms with E-state index >= 15 is 0 Å². The number of nitrogens with one attached hydrogen (secondary N) is 1. The van der Waals surface area contributed by atoms with Gasteiger partial charge in [0.1, 0.15) is 17.3 Å². The first-order chi connectivity index (χ1) is 16.6. The van der Waals surface area contributed by atoms with Gasteiger partial charge in [-0.3, -0.25) is 4.79 Å². The molecule has 0 saturated carbocycles. The molecule has 1 heterocycles. The van der Waals surface area contributed by atoms with E-state index < -0.39 is 24.3 Å². The van der Waals surface area contributed by atoms with Crippen LogP contribution in [0, 0.1) is 11.7 Å². The van der Waals surface area contributed by atoms with Gasteiger partial charge in [-0.25, -0.2) is 9.38 Å². The smallest absolute Gasteiger partial charge is 0.397 e. The molecule has 1 atom stereocenters. The van der Waals surface area contributed by atoms with Crippen LogP contribution in [-0.4, -0.2) is 36.0 Å². The number of alkyl halides is 2. The second kappa shape index (κ2) is 10.8. The van der Waals surface area contributed by atoms with Gasteiger partial charge in [-0.2, -0.15) is 8.78 Å². The summed E-state index contributed by atoms with van der Waals surface area (Å²) in [5.41, 5.74) is 9.00. The number of rotatable bonds is 8. The summed E-state index contributed by atoms with van der Waals surface area (Å²) < 4.78 is 45.7. The van der Waals surface area contributed by atoms with Crippen molar-refractivity contribution < 1.29 is 27.8 Å². The molecule has 0 fully saturated rings. The van der Waals surface area contributed by atoms with Crippen molar-refractivity contribution in [1.29, 1.82) is 0 Å². The van der Waals surface area contributed by atoms with Crippen molar-refractivity contribution in [3.05, 3.63) is 71.1 Å². The van der Waals surface area contributed by atoms with Gasteiger partial charge >= 0.3 is 6.11 Å². The van der Waals surface area contributed by atoms with Crippen LogP contribution >= 0.6 is 0 Å². The highest BCUT2D eigenvalue weighted by Gasteiger charge is 2.29. The molecule has 4 N–H and O–H groups in total. The summed E-state index contributed by atoms with van der Waals surface area (Å²) in [6.45, 7) is 4.90. The number of hydrogen-bond donors (Lipinski definition) is 3. The Hall–Kier alpha value is -3.59. The number of aliphatic hydroxyl groups is 1. The van der Waals surface area contributed by atoms with E-state index in [0.717, 1.165) is 11.1 Å². The number of carbonyl (C=O) groups is 1. The number of nitrogens with zero attached hydrogens (tertiary/aromatic N) is 1. The lowest BCUT2D eigenvalue weighted by Crippen LogP contribution is -2.32. The standard InChI is InChI=1S/C26H28F3N3O3/c1-4-26(28,29)35-19-8-5-17(6-9-19)20-14-23(25(34)31-11-12-33)32-24(16(3)15(20)2)18-7-10-21(27)22(30)13-18/h5-10,13-15,33H,4,11-12,30H2,1-3H3,(H,31,34). The summed E-state index contributed by atoms with van der Waals surface area (Å²) >= 11 is 0. The molecular formula is C26H28F3N3O3. The summed E-state index contributed by atoms with van der Waals surface area (Å²) in [6, 6.07) is 10.4. The number of hydrogen-bond acceptors (Lipinski definition) is 5. The first-order valence-corrected chi connectivity index (χ1v) is 11.2. The van der Waals surface area contributed by atoms with E-state index in [1.165, 1.54) is 37.3 Å². The van der Waals surface area contributed by atoms with E-state index in [9.17, 15) is 18.0 Å². The van der Waals surface area contributed by atoms with Gasteiger partial charge in [0, 0.05) is 24.4 Å². The predicted octanol–water partition coefficient (Wildman–Crippen LogP) is 4.80. The monoisotopic (exact) mass is 487 g/mol. The van der Waals surface area contributed by atoms with Crippen molar-refractivity contribution >= 4 is 28.6 Å². The largest absolute Gasteiger partial charge is 0.433 e. The van der Waals surface area contributed by atoms with Crippen LogP contribution in [0.25, 0.3) is 11.3 Å². The molecule has 6 nitrogen and oxygen atoms in total. The number of carbonyl (C=O) groups excluding carboxylic acids is 1. The number of aliphatic hydroxyl groups excluding tert-OH is 1. The minimum Gasteiger partial charge on any atom is -0.433 e. The number of allylic oxidation sites excluding steroid dienone is 2. The molecule has 186 valence electrons. The number of nitrogens with two attached hydrogens (primary N) is 1. The summed E-state index contributed by atoms with van der Waals surface area (Å²) in [7, 11) is 0. The third kappa shape index (κ3) is 6.10. The Balaban J connectivity index is 2.08. The minimum atomic E-state index is -3.27. The minimum absolute atomic E-state index is 0.0202. The molecule has 9 heteroatoms. The molecule has 0 bridgehead atoms. The van der Waals surface area contributed by atoms with E-state index in [4.69, 9.17) is 15.6 Å². The van der Waals surface area contributed by atoms with Crippen molar-refractivity contribution in [2.75, 3.05) is 18.9 Å². The van der Waals surface area contributed by atoms with Crippen LogP contribution in [0.5, 0.6) is 5.75 Å². The van der Waals surface area contributed by atoms with Crippen LogP contribution in [0.2, 0.25) is 0 Å². The molecular weight excluding hydrogens is 459 g/mol. The molecule has 35 heavy (non-hydrogen) atoms. The Labute approximate surface area is 202 Å². The molecule has 1 aliphatic heterocycles. The Bertz CT molecular complexity index is 1190. The number of nitrogen functional groups attached to an aromatic ring is 1. The van der Waals surface area contributed by atoms with E-state index in [2.05, 4.69) is 10.3 Å². The van der Waals surface area contributed by atoms with Crippen molar-refractivity contribution in [3.63, 3.8) is 0 Å².